The Hall–Kier alpha value is -7.20. The molecule has 6 aromatic carbocycles. The number of phenolic OH excluding ortho intramolecular Hbond substituents is 1. The Morgan fingerprint density at radius 1 is 0.565 bits per heavy atom. The molecule has 12 unspecified atom stereocenters. The summed E-state index contributed by atoms with van der Waals surface area (Å²) in [6.45, 7) is 8.49. The van der Waals surface area contributed by atoms with Crippen LogP contribution in [0.3, 0.4) is 0 Å². The minimum Gasteiger partial charge on any atom is -0.508 e. The standard InChI is InChI=1S/C72H76F4N10O6/c1-4-37-8-6-10-39-24-45(87)26-47(59(37)39)61-51(73)28-49-65(63(61)75)79-69(81-67(49)83-32-41-12-13-42(33-83)77-41)90-23-21-86-54-17-19-72(54)56(86)31-58(72)92-36-91-46-25-40-11-7-9-38(5-2)60(40)48(27-46)62-52(74)29-50-66(64(62)76)80-70(82-68(50)84-34-43-14-15-44(35-84)78-43)89-22-20-85-53-16-18-71(53)55(85)30-57(71)88-3/h6-11,24-29,41-44,53-58,77-78,87H,4-5,12-23,30-36H2,1-3H3. The fraction of sp³-hybridized carbons (Fsp3) is 0.500. The summed E-state index contributed by atoms with van der Waals surface area (Å²) in [4.78, 5) is 28.6. The summed E-state index contributed by atoms with van der Waals surface area (Å²) in [5.41, 5.74) is 2.32. The summed E-state index contributed by atoms with van der Waals surface area (Å²) < 4.78 is 101. The van der Waals surface area contributed by atoms with Gasteiger partial charge in [0.25, 0.3) is 0 Å². The molecule has 6 aliphatic heterocycles. The number of fused-ring (bicyclic) bond motifs is 8. The van der Waals surface area contributed by atoms with Crippen molar-refractivity contribution < 1.29 is 46.4 Å². The molecule has 20 heteroatoms. The van der Waals surface area contributed by atoms with Crippen molar-refractivity contribution in [2.24, 2.45) is 10.8 Å². The van der Waals surface area contributed by atoms with E-state index >= 15 is 17.6 Å². The van der Waals surface area contributed by atoms with Crippen LogP contribution in [0.15, 0.2) is 72.8 Å². The minimum atomic E-state index is -0.830. The molecule has 8 aromatic rings. The molecule has 3 N–H and O–H groups in total. The molecule has 2 aromatic heterocycles. The van der Waals surface area contributed by atoms with Crippen molar-refractivity contribution in [1.82, 2.24) is 40.4 Å². The maximum Gasteiger partial charge on any atom is 0.319 e. The third kappa shape index (κ3) is 8.53. The van der Waals surface area contributed by atoms with Gasteiger partial charge in [0.05, 0.1) is 23.3 Å². The highest BCUT2D eigenvalue weighted by molar-refractivity contribution is 6.05. The summed E-state index contributed by atoms with van der Waals surface area (Å²) in [5.74, 6) is -1.79. The average molecular weight is 1250 g/mol. The number of halogens is 4. The number of nitrogens with one attached hydrogen (secondary N) is 2. The number of aryl methyl sites for hydroxylation is 2. The summed E-state index contributed by atoms with van der Waals surface area (Å²) >= 11 is 0. The van der Waals surface area contributed by atoms with E-state index in [1.54, 1.807) is 12.1 Å². The first-order valence-corrected chi connectivity index (χ1v) is 33.7. The van der Waals surface area contributed by atoms with Gasteiger partial charge in [-0.05, 0) is 157 Å². The lowest BCUT2D eigenvalue weighted by atomic mass is 9.41. The van der Waals surface area contributed by atoms with Crippen molar-refractivity contribution >= 4 is 55.0 Å². The quantitative estimate of drug-likeness (QED) is 0.0519. The largest absolute Gasteiger partial charge is 0.508 e. The number of piperazine rings is 2. The Balaban J connectivity index is 0.583. The van der Waals surface area contributed by atoms with Crippen molar-refractivity contribution in [3.05, 3.63) is 107 Å². The normalized spacial score (nSPS) is 29.8. The average Bonchev–Trinajstić information content (AvgIpc) is 0.704. The molecule has 10 aliphatic rings. The van der Waals surface area contributed by atoms with Gasteiger partial charge in [-0.25, -0.2) is 17.6 Å². The van der Waals surface area contributed by atoms with Gasteiger partial charge in [-0.1, -0.05) is 50.2 Å². The second-order valence-corrected chi connectivity index (χ2v) is 28.0. The Labute approximate surface area is 530 Å². The number of piperidine rings is 4. The van der Waals surface area contributed by atoms with E-state index in [4.69, 9.17) is 43.6 Å². The number of anilines is 2. The molecule has 4 saturated carbocycles. The number of methoxy groups -OCH3 is 1. The van der Waals surface area contributed by atoms with Gasteiger partial charge in [0, 0.05) is 116 Å². The zero-order valence-electron chi connectivity index (χ0n) is 52.1. The lowest BCUT2D eigenvalue weighted by molar-refractivity contribution is -0.337. The third-order valence-corrected chi connectivity index (χ3v) is 23.9. The first kappa shape index (κ1) is 57.5. The predicted octanol–water partition coefficient (Wildman–Crippen LogP) is 11.1. The molecule has 4 bridgehead atoms. The van der Waals surface area contributed by atoms with E-state index in [1.165, 1.54) is 24.6 Å². The first-order chi connectivity index (χ1) is 44.9. The Bertz CT molecular complexity index is 4320. The van der Waals surface area contributed by atoms with Gasteiger partial charge < -0.3 is 49.2 Å². The number of aromatic hydroxyl groups is 1. The highest BCUT2D eigenvalue weighted by Crippen LogP contribution is 2.70. The number of nitrogens with zero attached hydrogens (tertiary/aromatic N) is 8. The molecule has 92 heavy (non-hydrogen) atoms. The lowest BCUT2D eigenvalue weighted by Crippen LogP contribution is -2.87. The monoisotopic (exact) mass is 1250 g/mol. The molecule has 16 nitrogen and oxygen atoms in total. The van der Waals surface area contributed by atoms with E-state index in [-0.39, 0.29) is 117 Å². The van der Waals surface area contributed by atoms with Gasteiger partial charge in [0.15, 0.2) is 18.4 Å². The Morgan fingerprint density at radius 2 is 1.05 bits per heavy atom. The molecular weight excluding hydrogens is 1180 g/mol. The number of hydrogen-bond donors (Lipinski definition) is 3. The number of benzene rings is 6. The predicted molar refractivity (Wildman–Crippen MR) is 343 cm³/mol. The van der Waals surface area contributed by atoms with Gasteiger partial charge in [0.1, 0.15) is 59.0 Å². The molecule has 18 rings (SSSR count). The highest BCUT2D eigenvalue weighted by Gasteiger charge is 2.76. The van der Waals surface area contributed by atoms with E-state index in [0.29, 0.717) is 116 Å². The van der Waals surface area contributed by atoms with Crippen LogP contribution in [-0.4, -0.2) is 162 Å². The van der Waals surface area contributed by atoms with Crippen molar-refractivity contribution in [3.8, 4) is 45.8 Å². The molecule has 0 amide bonds. The van der Waals surface area contributed by atoms with Crippen LogP contribution in [0.5, 0.6) is 23.5 Å². The van der Waals surface area contributed by atoms with Crippen LogP contribution < -0.4 is 34.6 Å². The van der Waals surface area contributed by atoms with E-state index in [0.717, 1.165) is 79.7 Å². The third-order valence-electron chi connectivity index (χ3n) is 23.9. The first-order valence-electron chi connectivity index (χ1n) is 33.7. The van der Waals surface area contributed by atoms with Crippen molar-refractivity contribution in [2.75, 3.05) is 76.2 Å². The summed E-state index contributed by atoms with van der Waals surface area (Å²) in [6.07, 6.45) is 11.8. The molecule has 8 heterocycles. The number of phenols is 1. The maximum absolute atomic E-state index is 17.9. The summed E-state index contributed by atoms with van der Waals surface area (Å²) in [7, 11) is 1.82. The Morgan fingerprint density at radius 3 is 1.53 bits per heavy atom. The van der Waals surface area contributed by atoms with Gasteiger partial charge >= 0.3 is 12.0 Å². The van der Waals surface area contributed by atoms with Crippen LogP contribution in [0.25, 0.3) is 65.6 Å². The zero-order valence-corrected chi connectivity index (χ0v) is 52.1. The fourth-order valence-electron chi connectivity index (χ4n) is 19.5. The number of likely N-dealkylation sites (tertiary alicyclic amines) is 2. The number of hydrogen-bond acceptors (Lipinski definition) is 16. The Kier molecular flexibility index (Phi) is 13.5. The number of rotatable bonds is 19. The van der Waals surface area contributed by atoms with E-state index in [9.17, 15) is 5.11 Å². The van der Waals surface area contributed by atoms with Crippen LogP contribution in [0, 0.1) is 34.1 Å². The second kappa shape index (κ2) is 21.7. The van der Waals surface area contributed by atoms with Gasteiger partial charge in [-0.2, -0.15) is 19.9 Å². The van der Waals surface area contributed by atoms with Gasteiger partial charge in [-0.3, -0.25) is 9.80 Å². The molecule has 4 aliphatic carbocycles. The molecule has 478 valence electrons. The molecule has 12 atom stereocenters. The second-order valence-electron chi connectivity index (χ2n) is 28.0. The van der Waals surface area contributed by atoms with Crippen LogP contribution in [-0.2, 0) is 22.3 Å². The SMILES string of the molecule is CCc1cccc2cc(OCOC3CC4N(CCOc5nc(N6CC7CCC(C6)N7)c6cc(F)c(-c7cc(O)cc8cccc(CC)c78)c(F)c6n5)C5CCC354)cc(-c3c(F)cc4c(N5CC6CCC(C5)N6)nc(OCCN5C6CCC67C(OC)CC57)nc4c3F)c12. The summed E-state index contributed by atoms with van der Waals surface area (Å²) in [5, 5.41) is 21.7. The van der Waals surface area contributed by atoms with Crippen molar-refractivity contribution in [1.29, 1.82) is 0 Å². The van der Waals surface area contributed by atoms with Crippen LogP contribution in [0.1, 0.15) is 89.2 Å². The molecule has 2 spiro atoms. The molecule has 0 radical (unpaired) electrons. The van der Waals surface area contributed by atoms with Gasteiger partial charge in [-0.15, -0.1) is 0 Å². The van der Waals surface area contributed by atoms with E-state index in [2.05, 4.69) is 30.2 Å². The molecule has 6 saturated heterocycles. The van der Waals surface area contributed by atoms with Crippen LogP contribution in [0.4, 0.5) is 29.2 Å². The highest BCUT2D eigenvalue weighted by atomic mass is 19.1. The van der Waals surface area contributed by atoms with Crippen molar-refractivity contribution in [2.45, 2.75) is 151 Å². The fourth-order valence-corrected chi connectivity index (χ4v) is 19.5. The maximum atomic E-state index is 17.9. The van der Waals surface area contributed by atoms with Crippen molar-refractivity contribution in [3.63, 3.8) is 0 Å². The van der Waals surface area contributed by atoms with Crippen LogP contribution >= 0.6 is 0 Å². The molecule has 10 fully saturated rings. The van der Waals surface area contributed by atoms with Gasteiger partial charge in [0.2, 0.25) is 0 Å². The lowest BCUT2D eigenvalue weighted by Gasteiger charge is -2.79. The summed E-state index contributed by atoms with van der Waals surface area (Å²) in [6, 6.07) is 23.7. The van der Waals surface area contributed by atoms with E-state index in [1.807, 2.05) is 63.4 Å². The number of ether oxygens (including phenoxy) is 5. The number of aromatic nitrogens is 4. The topological polar surface area (TPSA) is 155 Å². The molecular formula is C72H76F4N10O6. The zero-order chi connectivity index (χ0) is 62.1. The van der Waals surface area contributed by atoms with Crippen LogP contribution in [0.2, 0.25) is 0 Å². The van der Waals surface area contributed by atoms with E-state index < -0.39 is 23.3 Å². The minimum absolute atomic E-state index is 0.0182. The smallest absolute Gasteiger partial charge is 0.319 e.